The molecule has 1 aliphatic rings. The smallest absolute Gasteiger partial charge is 0.137 e. The molecular formula is C10H10N4. The average Bonchev–Trinajstić information content (AvgIpc) is 2.92. The van der Waals surface area contributed by atoms with E-state index in [1.807, 2.05) is 18.3 Å². The third kappa shape index (κ3) is 2.04. The molecule has 1 aliphatic heterocycles. The standard InChI is InChI=1S/C8H7N.C2H3N3/c1-2-4-8-6-9-5-7(8)3-1;1-3-2-5-4-1/h1-5H,6H2;1-2H,(H,3,4,5). The fourth-order valence-electron chi connectivity index (χ4n) is 1.21. The van der Waals surface area contributed by atoms with Gasteiger partial charge in [-0.1, -0.05) is 24.3 Å². The number of H-pyrrole nitrogens is 1. The van der Waals surface area contributed by atoms with Crippen molar-refractivity contribution in [2.75, 3.05) is 0 Å². The Balaban J connectivity index is 0.000000128. The zero-order chi connectivity index (χ0) is 9.64. The molecule has 0 fully saturated rings. The number of hydrogen-bond acceptors (Lipinski definition) is 3. The molecule has 4 heteroatoms. The van der Waals surface area contributed by atoms with Gasteiger partial charge in [-0.25, -0.2) is 4.98 Å². The van der Waals surface area contributed by atoms with Gasteiger partial charge in [-0.05, 0) is 11.1 Å². The van der Waals surface area contributed by atoms with Crippen LogP contribution in [-0.2, 0) is 6.54 Å². The molecular weight excluding hydrogens is 176 g/mol. The van der Waals surface area contributed by atoms with Crippen LogP contribution >= 0.6 is 0 Å². The first-order chi connectivity index (χ1) is 6.97. The SMILES string of the molecule is C1=NCc2ccccc21.c1nc[nH]n1. The van der Waals surface area contributed by atoms with Gasteiger partial charge in [0.2, 0.25) is 0 Å². The van der Waals surface area contributed by atoms with Crippen LogP contribution in [0.3, 0.4) is 0 Å². The van der Waals surface area contributed by atoms with Crippen LogP contribution in [0.15, 0.2) is 41.9 Å². The summed E-state index contributed by atoms with van der Waals surface area (Å²) < 4.78 is 0. The van der Waals surface area contributed by atoms with E-state index in [2.05, 4.69) is 32.3 Å². The zero-order valence-corrected chi connectivity index (χ0v) is 7.59. The minimum Gasteiger partial charge on any atom is -0.288 e. The van der Waals surface area contributed by atoms with Gasteiger partial charge in [0.05, 0.1) is 6.54 Å². The molecule has 14 heavy (non-hydrogen) atoms. The third-order valence-corrected chi connectivity index (χ3v) is 1.88. The van der Waals surface area contributed by atoms with E-state index < -0.39 is 0 Å². The van der Waals surface area contributed by atoms with E-state index in [-0.39, 0.29) is 0 Å². The van der Waals surface area contributed by atoms with Gasteiger partial charge in [-0.3, -0.25) is 10.1 Å². The zero-order valence-electron chi connectivity index (χ0n) is 7.59. The van der Waals surface area contributed by atoms with E-state index >= 15 is 0 Å². The van der Waals surface area contributed by atoms with Crippen LogP contribution in [0, 0.1) is 0 Å². The van der Waals surface area contributed by atoms with Crippen molar-refractivity contribution in [3.8, 4) is 0 Å². The van der Waals surface area contributed by atoms with Gasteiger partial charge in [0.15, 0.2) is 0 Å². The van der Waals surface area contributed by atoms with Crippen molar-refractivity contribution in [1.29, 1.82) is 0 Å². The van der Waals surface area contributed by atoms with E-state index in [4.69, 9.17) is 0 Å². The number of rotatable bonds is 0. The molecule has 1 aromatic heterocycles. The van der Waals surface area contributed by atoms with E-state index in [0.29, 0.717) is 0 Å². The third-order valence-electron chi connectivity index (χ3n) is 1.88. The summed E-state index contributed by atoms with van der Waals surface area (Å²) in [6.07, 6.45) is 4.88. The van der Waals surface area contributed by atoms with E-state index in [1.165, 1.54) is 23.8 Å². The number of nitrogens with one attached hydrogen (secondary N) is 1. The van der Waals surface area contributed by atoms with Crippen molar-refractivity contribution in [3.05, 3.63) is 48.0 Å². The maximum atomic E-state index is 4.13. The molecule has 70 valence electrons. The number of nitrogens with zero attached hydrogens (tertiary/aromatic N) is 3. The summed E-state index contributed by atoms with van der Waals surface area (Å²) in [4.78, 5) is 7.68. The lowest BCUT2D eigenvalue weighted by atomic mass is 10.1. The number of aromatic nitrogens is 3. The van der Waals surface area contributed by atoms with Crippen molar-refractivity contribution in [1.82, 2.24) is 15.2 Å². The number of hydrogen-bond donors (Lipinski definition) is 1. The minimum atomic E-state index is 0.871. The fraction of sp³-hybridized carbons (Fsp3) is 0.100. The molecule has 0 atom stereocenters. The topological polar surface area (TPSA) is 53.9 Å². The van der Waals surface area contributed by atoms with Crippen LogP contribution in [0.2, 0.25) is 0 Å². The molecule has 2 aromatic rings. The fourth-order valence-corrected chi connectivity index (χ4v) is 1.21. The first-order valence-corrected chi connectivity index (χ1v) is 4.33. The van der Waals surface area contributed by atoms with Gasteiger partial charge >= 0.3 is 0 Å². The second-order valence-corrected chi connectivity index (χ2v) is 2.82. The lowest BCUT2D eigenvalue weighted by molar-refractivity contribution is 1.09. The number of aromatic amines is 1. The molecule has 0 amide bonds. The molecule has 0 radical (unpaired) electrons. The Morgan fingerprint density at radius 1 is 1.21 bits per heavy atom. The first-order valence-electron chi connectivity index (χ1n) is 4.33. The number of benzene rings is 1. The van der Waals surface area contributed by atoms with Crippen molar-refractivity contribution in [2.24, 2.45) is 4.99 Å². The Bertz CT molecular complexity index is 389. The van der Waals surface area contributed by atoms with Crippen LogP contribution in [-0.4, -0.2) is 21.4 Å². The van der Waals surface area contributed by atoms with Gasteiger partial charge in [0.1, 0.15) is 12.7 Å². The Kier molecular flexibility index (Phi) is 2.66. The van der Waals surface area contributed by atoms with Crippen LogP contribution in [0.4, 0.5) is 0 Å². The monoisotopic (exact) mass is 186 g/mol. The van der Waals surface area contributed by atoms with Crippen LogP contribution in [0.5, 0.6) is 0 Å². The quantitative estimate of drug-likeness (QED) is 0.676. The highest BCUT2D eigenvalue weighted by Gasteiger charge is 2.01. The molecule has 0 bridgehead atoms. The highest BCUT2D eigenvalue weighted by atomic mass is 15.2. The Morgan fingerprint density at radius 3 is 2.79 bits per heavy atom. The summed E-state index contributed by atoms with van der Waals surface area (Å²) in [5, 5.41) is 5.99. The van der Waals surface area contributed by atoms with E-state index in [1.54, 1.807) is 0 Å². The van der Waals surface area contributed by atoms with Crippen LogP contribution in [0.1, 0.15) is 11.1 Å². The average molecular weight is 186 g/mol. The normalized spacial score (nSPS) is 11.7. The van der Waals surface area contributed by atoms with Crippen LogP contribution < -0.4 is 0 Å². The van der Waals surface area contributed by atoms with E-state index in [0.717, 1.165) is 6.54 Å². The Morgan fingerprint density at radius 2 is 2.14 bits per heavy atom. The first kappa shape index (κ1) is 8.62. The summed E-state index contributed by atoms with van der Waals surface area (Å²) in [5.74, 6) is 0. The molecule has 1 N–H and O–H groups in total. The number of fused-ring (bicyclic) bond motifs is 1. The Hall–Kier alpha value is -1.97. The summed E-state index contributed by atoms with van der Waals surface area (Å²) in [5.41, 5.74) is 2.62. The molecule has 0 saturated carbocycles. The maximum absolute atomic E-state index is 4.13. The van der Waals surface area contributed by atoms with Gasteiger partial charge in [0, 0.05) is 6.21 Å². The van der Waals surface area contributed by atoms with Gasteiger partial charge < -0.3 is 0 Å². The van der Waals surface area contributed by atoms with E-state index in [9.17, 15) is 0 Å². The molecule has 2 heterocycles. The summed E-state index contributed by atoms with van der Waals surface area (Å²) >= 11 is 0. The minimum absolute atomic E-state index is 0.871. The summed E-state index contributed by atoms with van der Waals surface area (Å²) in [6, 6.07) is 8.29. The molecule has 3 rings (SSSR count). The molecule has 0 saturated heterocycles. The lowest BCUT2D eigenvalue weighted by Gasteiger charge is -1.91. The molecule has 4 nitrogen and oxygen atoms in total. The van der Waals surface area contributed by atoms with Crippen molar-refractivity contribution >= 4 is 6.21 Å². The number of aliphatic imine (C=N–C) groups is 1. The molecule has 0 spiro atoms. The molecule has 0 unspecified atom stereocenters. The second-order valence-electron chi connectivity index (χ2n) is 2.82. The van der Waals surface area contributed by atoms with Crippen molar-refractivity contribution in [2.45, 2.75) is 6.54 Å². The highest BCUT2D eigenvalue weighted by Crippen LogP contribution is 2.12. The predicted molar refractivity (Wildman–Crippen MR) is 54.1 cm³/mol. The Labute approximate surface area is 81.7 Å². The maximum Gasteiger partial charge on any atom is 0.137 e. The summed E-state index contributed by atoms with van der Waals surface area (Å²) in [6.45, 7) is 0.871. The second kappa shape index (κ2) is 4.32. The van der Waals surface area contributed by atoms with Gasteiger partial charge in [-0.2, -0.15) is 5.10 Å². The highest BCUT2D eigenvalue weighted by molar-refractivity contribution is 5.84. The van der Waals surface area contributed by atoms with Gasteiger partial charge in [-0.15, -0.1) is 0 Å². The van der Waals surface area contributed by atoms with Crippen molar-refractivity contribution in [3.63, 3.8) is 0 Å². The predicted octanol–water partition coefficient (Wildman–Crippen LogP) is 1.42. The lowest BCUT2D eigenvalue weighted by Crippen LogP contribution is -1.79. The van der Waals surface area contributed by atoms with Gasteiger partial charge in [0.25, 0.3) is 0 Å². The summed E-state index contributed by atoms with van der Waals surface area (Å²) in [7, 11) is 0. The van der Waals surface area contributed by atoms with Crippen LogP contribution in [0.25, 0.3) is 0 Å². The largest absolute Gasteiger partial charge is 0.288 e. The molecule has 1 aromatic carbocycles. The van der Waals surface area contributed by atoms with Crippen molar-refractivity contribution < 1.29 is 0 Å². The molecule has 0 aliphatic carbocycles.